The van der Waals surface area contributed by atoms with Crippen LogP contribution >= 0.6 is 0 Å². The molecule has 1 saturated carbocycles. The standard InChI is InChI=1S/C24H35N3O5S/c1-16-12-20-13-22(9-10-23(20)27(16)17(2)28)33(30,31)26-14-18-5-7-19(8-6-18)24(29)25-15-21-4-3-11-32-21/h9-10,13,16,18-19,21,26H,3-8,11-12,14-15H2,1-2H3,(H,25,29)/t16-,18?,19?,21-/m0/s1. The minimum Gasteiger partial charge on any atom is -0.376 e. The Morgan fingerprint density at radius 2 is 1.88 bits per heavy atom. The van der Waals surface area contributed by atoms with Crippen LogP contribution in [0.5, 0.6) is 0 Å². The second-order valence-electron chi connectivity index (χ2n) is 9.68. The predicted molar refractivity (Wildman–Crippen MR) is 125 cm³/mol. The van der Waals surface area contributed by atoms with E-state index in [4.69, 9.17) is 4.74 Å². The lowest BCUT2D eigenvalue weighted by molar-refractivity contribution is -0.126. The van der Waals surface area contributed by atoms with Crippen LogP contribution in [0.15, 0.2) is 23.1 Å². The number of sulfonamides is 1. The van der Waals surface area contributed by atoms with Crippen molar-refractivity contribution in [1.29, 1.82) is 0 Å². The van der Waals surface area contributed by atoms with Crippen molar-refractivity contribution in [3.63, 3.8) is 0 Å². The van der Waals surface area contributed by atoms with Gasteiger partial charge in [0.05, 0.1) is 11.0 Å². The third-order valence-corrected chi connectivity index (χ3v) is 8.64. The molecule has 1 aromatic rings. The number of hydrogen-bond acceptors (Lipinski definition) is 5. The molecular formula is C24H35N3O5S. The van der Waals surface area contributed by atoms with Crippen molar-refractivity contribution in [2.75, 3.05) is 24.6 Å². The van der Waals surface area contributed by atoms with Crippen LogP contribution in [0, 0.1) is 11.8 Å². The number of nitrogens with one attached hydrogen (secondary N) is 2. The molecular weight excluding hydrogens is 442 g/mol. The first-order valence-corrected chi connectivity index (χ1v) is 13.5. The van der Waals surface area contributed by atoms with Gasteiger partial charge in [0, 0.05) is 44.3 Å². The molecule has 182 valence electrons. The summed E-state index contributed by atoms with van der Waals surface area (Å²) in [4.78, 5) is 26.3. The summed E-state index contributed by atoms with van der Waals surface area (Å²) in [5, 5.41) is 3.02. The maximum atomic E-state index is 12.9. The summed E-state index contributed by atoms with van der Waals surface area (Å²) >= 11 is 0. The Hall–Kier alpha value is -1.97. The van der Waals surface area contributed by atoms with Crippen molar-refractivity contribution in [2.45, 2.75) is 75.8 Å². The summed E-state index contributed by atoms with van der Waals surface area (Å²) < 4.78 is 34.1. The van der Waals surface area contributed by atoms with Gasteiger partial charge in [0.1, 0.15) is 0 Å². The Kier molecular flexibility index (Phi) is 7.40. The number of rotatable bonds is 7. The molecule has 8 nitrogen and oxygen atoms in total. The maximum absolute atomic E-state index is 12.9. The molecule has 2 aliphatic heterocycles. The van der Waals surface area contributed by atoms with E-state index in [9.17, 15) is 18.0 Å². The zero-order chi connectivity index (χ0) is 23.6. The molecule has 2 atom stereocenters. The van der Waals surface area contributed by atoms with Crippen LogP contribution in [0.4, 0.5) is 5.69 Å². The van der Waals surface area contributed by atoms with Crippen molar-refractivity contribution in [3.8, 4) is 0 Å². The van der Waals surface area contributed by atoms with Gasteiger partial charge in [-0.25, -0.2) is 13.1 Å². The van der Waals surface area contributed by atoms with Gasteiger partial charge in [-0.1, -0.05) is 0 Å². The summed E-state index contributed by atoms with van der Waals surface area (Å²) in [6.07, 6.45) is 6.08. The lowest BCUT2D eigenvalue weighted by Crippen LogP contribution is -2.38. The number of carbonyl (C=O) groups is 2. The highest BCUT2D eigenvalue weighted by Gasteiger charge is 2.31. The minimum absolute atomic E-state index is 0.00202. The van der Waals surface area contributed by atoms with Gasteiger partial charge >= 0.3 is 0 Å². The summed E-state index contributed by atoms with van der Waals surface area (Å²) in [5.74, 6) is 0.287. The molecule has 3 aliphatic rings. The van der Waals surface area contributed by atoms with Crippen molar-refractivity contribution >= 4 is 27.5 Å². The molecule has 0 bridgehead atoms. The fourth-order valence-corrected chi connectivity index (χ4v) is 6.52. The molecule has 1 aromatic carbocycles. The highest BCUT2D eigenvalue weighted by atomic mass is 32.2. The number of benzene rings is 1. The van der Waals surface area contributed by atoms with E-state index in [0.29, 0.717) is 19.5 Å². The van der Waals surface area contributed by atoms with E-state index in [1.54, 1.807) is 23.1 Å². The molecule has 2 heterocycles. The van der Waals surface area contributed by atoms with E-state index in [1.807, 2.05) is 6.92 Å². The van der Waals surface area contributed by atoms with Gasteiger partial charge < -0.3 is 15.0 Å². The molecule has 4 rings (SSSR count). The van der Waals surface area contributed by atoms with Gasteiger partial charge in [-0.2, -0.15) is 0 Å². The number of carbonyl (C=O) groups excluding carboxylic acids is 2. The Morgan fingerprint density at radius 3 is 2.55 bits per heavy atom. The van der Waals surface area contributed by atoms with Gasteiger partial charge in [-0.3, -0.25) is 9.59 Å². The van der Waals surface area contributed by atoms with E-state index in [0.717, 1.165) is 56.4 Å². The molecule has 1 saturated heterocycles. The fraction of sp³-hybridized carbons (Fsp3) is 0.667. The van der Waals surface area contributed by atoms with Crippen LogP contribution in [0.25, 0.3) is 0 Å². The van der Waals surface area contributed by atoms with Gasteiger partial charge in [0.2, 0.25) is 21.8 Å². The molecule has 1 aliphatic carbocycles. The van der Waals surface area contributed by atoms with Crippen molar-refractivity contribution in [1.82, 2.24) is 10.0 Å². The first-order chi connectivity index (χ1) is 15.7. The Morgan fingerprint density at radius 1 is 1.12 bits per heavy atom. The Bertz CT molecular complexity index is 982. The van der Waals surface area contributed by atoms with E-state index in [-0.39, 0.29) is 40.7 Å². The number of hydrogen-bond donors (Lipinski definition) is 2. The molecule has 2 fully saturated rings. The SMILES string of the molecule is CC(=O)N1c2ccc(S(=O)(=O)NCC3CCC(C(=O)NC[C@@H]4CCCO4)CC3)cc2C[C@@H]1C. The Balaban J connectivity index is 1.26. The van der Waals surface area contributed by atoms with Crippen LogP contribution in [-0.2, 0) is 30.8 Å². The molecule has 0 spiro atoms. The van der Waals surface area contributed by atoms with Crippen molar-refractivity contribution in [3.05, 3.63) is 23.8 Å². The Labute approximate surface area is 196 Å². The highest BCUT2D eigenvalue weighted by Crippen LogP contribution is 2.34. The minimum atomic E-state index is -3.63. The summed E-state index contributed by atoms with van der Waals surface area (Å²) in [7, 11) is -3.63. The molecule has 9 heteroatoms. The second kappa shape index (κ2) is 10.1. The number of anilines is 1. The topological polar surface area (TPSA) is 105 Å². The van der Waals surface area contributed by atoms with E-state index < -0.39 is 10.0 Å². The van der Waals surface area contributed by atoms with Gasteiger partial charge in [-0.05, 0) is 81.5 Å². The molecule has 2 amide bonds. The van der Waals surface area contributed by atoms with Crippen molar-refractivity contribution < 1.29 is 22.7 Å². The fourth-order valence-electron chi connectivity index (χ4n) is 5.36. The molecule has 0 unspecified atom stereocenters. The highest BCUT2D eigenvalue weighted by molar-refractivity contribution is 7.89. The summed E-state index contributed by atoms with van der Waals surface area (Å²) in [6, 6.07) is 5.02. The van der Waals surface area contributed by atoms with E-state index in [2.05, 4.69) is 10.0 Å². The lowest BCUT2D eigenvalue weighted by Gasteiger charge is -2.28. The zero-order valence-corrected chi connectivity index (χ0v) is 20.3. The van der Waals surface area contributed by atoms with E-state index in [1.165, 1.54) is 6.92 Å². The van der Waals surface area contributed by atoms with Crippen LogP contribution < -0.4 is 14.9 Å². The van der Waals surface area contributed by atoms with Gasteiger partial charge in [0.15, 0.2) is 0 Å². The number of fused-ring (bicyclic) bond motifs is 1. The second-order valence-corrected chi connectivity index (χ2v) is 11.4. The predicted octanol–water partition coefficient (Wildman–Crippen LogP) is 2.36. The van der Waals surface area contributed by atoms with Gasteiger partial charge in [-0.15, -0.1) is 0 Å². The zero-order valence-electron chi connectivity index (χ0n) is 19.5. The molecule has 2 N–H and O–H groups in total. The third kappa shape index (κ3) is 5.58. The quantitative estimate of drug-likeness (QED) is 0.627. The number of nitrogens with zero attached hydrogens (tertiary/aromatic N) is 1. The number of ether oxygens (including phenoxy) is 1. The van der Waals surface area contributed by atoms with Crippen LogP contribution in [0.1, 0.15) is 57.9 Å². The third-order valence-electron chi connectivity index (χ3n) is 7.22. The maximum Gasteiger partial charge on any atom is 0.240 e. The first kappa shape index (κ1) is 24.2. The normalized spacial score (nSPS) is 27.4. The first-order valence-electron chi connectivity index (χ1n) is 12.1. The summed E-state index contributed by atoms with van der Waals surface area (Å²) in [5.41, 5.74) is 1.68. The van der Waals surface area contributed by atoms with Gasteiger partial charge in [0.25, 0.3) is 0 Å². The summed E-state index contributed by atoms with van der Waals surface area (Å²) in [6.45, 7) is 5.23. The number of amides is 2. The largest absolute Gasteiger partial charge is 0.376 e. The molecule has 0 aromatic heterocycles. The molecule has 0 radical (unpaired) electrons. The van der Waals surface area contributed by atoms with E-state index >= 15 is 0 Å². The molecule has 33 heavy (non-hydrogen) atoms. The monoisotopic (exact) mass is 477 g/mol. The van der Waals surface area contributed by atoms with Crippen molar-refractivity contribution in [2.24, 2.45) is 11.8 Å². The average molecular weight is 478 g/mol. The van der Waals surface area contributed by atoms with Crippen LogP contribution in [-0.4, -0.2) is 52.1 Å². The lowest BCUT2D eigenvalue weighted by atomic mass is 9.81. The van der Waals surface area contributed by atoms with Crippen LogP contribution in [0.2, 0.25) is 0 Å². The van der Waals surface area contributed by atoms with Crippen LogP contribution in [0.3, 0.4) is 0 Å². The average Bonchev–Trinajstić information content (AvgIpc) is 3.42. The smallest absolute Gasteiger partial charge is 0.240 e.